The molecule has 1 aromatic carbocycles. The lowest BCUT2D eigenvalue weighted by Gasteiger charge is -2.41. The Morgan fingerprint density at radius 1 is 1.19 bits per heavy atom. The van der Waals surface area contributed by atoms with Crippen LogP contribution in [0.15, 0.2) is 58.6 Å². The number of rotatable bonds is 7. The maximum Gasteiger partial charge on any atom is 0.250 e. The fraction of sp³-hybridized carbons (Fsp3) is 0.435. The van der Waals surface area contributed by atoms with E-state index in [2.05, 4.69) is 15.0 Å². The van der Waals surface area contributed by atoms with E-state index in [1.807, 2.05) is 0 Å². The zero-order valence-electron chi connectivity index (χ0n) is 18.1. The number of fused-ring (bicyclic) bond motifs is 1. The van der Waals surface area contributed by atoms with Crippen LogP contribution in [0, 0.1) is 0 Å². The Balaban J connectivity index is 1.34. The third-order valence-electron chi connectivity index (χ3n) is 6.20. The van der Waals surface area contributed by atoms with Gasteiger partial charge in [-0.15, -0.1) is 0 Å². The Morgan fingerprint density at radius 3 is 2.62 bits per heavy atom. The summed E-state index contributed by atoms with van der Waals surface area (Å²) in [5.74, 6) is -0.112. The highest BCUT2D eigenvalue weighted by Crippen LogP contribution is 2.28. The van der Waals surface area contributed by atoms with E-state index in [9.17, 15) is 18.0 Å². The first-order chi connectivity index (χ1) is 15.3. The van der Waals surface area contributed by atoms with Crippen molar-refractivity contribution in [3.8, 4) is 0 Å². The molecule has 4 rings (SSSR count). The highest BCUT2D eigenvalue weighted by molar-refractivity contribution is 7.89. The van der Waals surface area contributed by atoms with Crippen LogP contribution in [0.3, 0.4) is 0 Å². The molecule has 1 fully saturated rings. The molecule has 2 amide bonds. The molecule has 1 unspecified atom stereocenters. The van der Waals surface area contributed by atoms with E-state index in [4.69, 9.17) is 0 Å². The van der Waals surface area contributed by atoms with Crippen LogP contribution in [0.4, 0.5) is 0 Å². The molecular weight excluding hydrogens is 428 g/mol. The molecule has 0 spiro atoms. The summed E-state index contributed by atoms with van der Waals surface area (Å²) in [6.45, 7) is 2.10. The standard InChI is InChI=1S/C23H28N4O4S/c1-23(16-21(28)25-20-8-4-5-15-27(20)23)22(29)24-14-13-17-9-11-19(12-10-17)32(30,31)26-18-6-2-3-7-18/h4-5,8-12,15,18,26H,2-3,6-7,13-14,16H2,1H3,(H,24,29). The minimum absolute atomic E-state index is 0.00106. The topological polar surface area (TPSA) is 108 Å². The largest absolute Gasteiger partial charge is 0.354 e. The first-order valence-corrected chi connectivity index (χ1v) is 12.4. The number of allylic oxidation sites excluding steroid dienone is 2. The van der Waals surface area contributed by atoms with E-state index in [1.165, 1.54) is 0 Å². The van der Waals surface area contributed by atoms with E-state index >= 15 is 0 Å². The zero-order chi connectivity index (χ0) is 22.8. The normalized spacial score (nSPS) is 23.2. The van der Waals surface area contributed by atoms with E-state index in [0.29, 0.717) is 18.8 Å². The van der Waals surface area contributed by atoms with Gasteiger partial charge in [0.05, 0.1) is 11.3 Å². The molecule has 1 aliphatic carbocycles. The number of amidine groups is 1. The van der Waals surface area contributed by atoms with Gasteiger partial charge in [-0.1, -0.05) is 31.1 Å². The molecule has 3 aliphatic rings. The van der Waals surface area contributed by atoms with Gasteiger partial charge in [-0.25, -0.2) is 13.1 Å². The molecular formula is C23H28N4O4S. The second kappa shape index (κ2) is 8.99. The van der Waals surface area contributed by atoms with Gasteiger partial charge >= 0.3 is 0 Å². The number of aliphatic imine (C=N–C) groups is 1. The lowest BCUT2D eigenvalue weighted by molar-refractivity contribution is -0.134. The first-order valence-electron chi connectivity index (χ1n) is 10.9. The summed E-state index contributed by atoms with van der Waals surface area (Å²) in [5, 5.41) is 2.91. The fourth-order valence-electron chi connectivity index (χ4n) is 4.36. The Kier molecular flexibility index (Phi) is 6.30. The van der Waals surface area contributed by atoms with E-state index in [1.54, 1.807) is 60.5 Å². The summed E-state index contributed by atoms with van der Waals surface area (Å²) in [6.07, 6.45) is 11.5. The fourth-order valence-corrected chi connectivity index (χ4v) is 5.66. The third kappa shape index (κ3) is 4.68. The Labute approximate surface area is 188 Å². The van der Waals surface area contributed by atoms with Crippen molar-refractivity contribution in [1.29, 1.82) is 0 Å². The number of hydrogen-bond donors (Lipinski definition) is 2. The second-order valence-electron chi connectivity index (χ2n) is 8.64. The molecule has 0 aromatic heterocycles. The van der Waals surface area contributed by atoms with Crippen molar-refractivity contribution in [3.05, 3.63) is 54.3 Å². The molecule has 2 aliphatic heterocycles. The molecule has 9 heteroatoms. The lowest BCUT2D eigenvalue weighted by Crippen LogP contribution is -2.60. The maximum absolute atomic E-state index is 13.0. The van der Waals surface area contributed by atoms with Crippen molar-refractivity contribution in [2.45, 2.75) is 61.9 Å². The van der Waals surface area contributed by atoms with Crippen LogP contribution in [-0.4, -0.2) is 49.1 Å². The summed E-state index contributed by atoms with van der Waals surface area (Å²) < 4.78 is 27.8. The maximum atomic E-state index is 13.0. The Morgan fingerprint density at radius 2 is 1.91 bits per heavy atom. The van der Waals surface area contributed by atoms with Gasteiger partial charge in [-0.05, 0) is 56.0 Å². The minimum atomic E-state index is -3.51. The van der Waals surface area contributed by atoms with Crippen molar-refractivity contribution in [3.63, 3.8) is 0 Å². The van der Waals surface area contributed by atoms with Crippen molar-refractivity contribution >= 4 is 27.7 Å². The zero-order valence-corrected chi connectivity index (χ0v) is 18.9. The van der Waals surface area contributed by atoms with Gasteiger partial charge in [0.15, 0.2) is 0 Å². The quantitative estimate of drug-likeness (QED) is 0.653. The van der Waals surface area contributed by atoms with Gasteiger partial charge in [-0.3, -0.25) is 9.59 Å². The van der Waals surface area contributed by atoms with Gasteiger partial charge in [0.2, 0.25) is 15.9 Å². The molecule has 1 aromatic rings. The SMILES string of the molecule is CC1(C(=O)NCCc2ccc(S(=O)(=O)NC3CCCC3)cc2)CC(=O)N=C2C=CC=CN21. The van der Waals surface area contributed by atoms with Gasteiger partial charge in [-0.2, -0.15) is 4.99 Å². The molecule has 2 N–H and O–H groups in total. The smallest absolute Gasteiger partial charge is 0.250 e. The van der Waals surface area contributed by atoms with E-state index < -0.39 is 15.6 Å². The average Bonchev–Trinajstić information content (AvgIpc) is 3.26. The molecule has 1 saturated carbocycles. The van der Waals surface area contributed by atoms with Crippen LogP contribution < -0.4 is 10.0 Å². The van der Waals surface area contributed by atoms with Crippen LogP contribution in [0.2, 0.25) is 0 Å². The minimum Gasteiger partial charge on any atom is -0.354 e. The molecule has 0 bridgehead atoms. The van der Waals surface area contributed by atoms with Crippen molar-refractivity contribution < 1.29 is 18.0 Å². The first kappa shape index (κ1) is 22.4. The number of carbonyl (C=O) groups excluding carboxylic acids is 2. The van der Waals surface area contributed by atoms with Crippen LogP contribution in [0.1, 0.15) is 44.6 Å². The summed E-state index contributed by atoms with van der Waals surface area (Å²) in [6, 6.07) is 6.76. The van der Waals surface area contributed by atoms with Gasteiger partial charge < -0.3 is 10.2 Å². The predicted octanol–water partition coefficient (Wildman–Crippen LogP) is 2.04. The molecule has 0 saturated heterocycles. The van der Waals surface area contributed by atoms with Crippen molar-refractivity contribution in [2.75, 3.05) is 6.54 Å². The van der Waals surface area contributed by atoms with Crippen LogP contribution in [0.5, 0.6) is 0 Å². The molecule has 2 heterocycles. The summed E-state index contributed by atoms with van der Waals surface area (Å²) in [5.41, 5.74) is -0.128. The third-order valence-corrected chi connectivity index (χ3v) is 7.74. The van der Waals surface area contributed by atoms with Gasteiger partial charge in [0.25, 0.3) is 5.91 Å². The monoisotopic (exact) mass is 456 g/mol. The van der Waals surface area contributed by atoms with Gasteiger partial charge in [0, 0.05) is 18.8 Å². The predicted molar refractivity (Wildman–Crippen MR) is 121 cm³/mol. The summed E-state index contributed by atoms with van der Waals surface area (Å²) >= 11 is 0. The lowest BCUT2D eigenvalue weighted by atomic mass is 9.91. The number of hydrogen-bond acceptors (Lipinski definition) is 5. The Bertz CT molecular complexity index is 1090. The van der Waals surface area contributed by atoms with E-state index in [-0.39, 0.29) is 29.2 Å². The summed E-state index contributed by atoms with van der Waals surface area (Å²) in [4.78, 5) is 31.0. The Hall–Kier alpha value is -2.78. The molecule has 1 atom stereocenters. The summed E-state index contributed by atoms with van der Waals surface area (Å²) in [7, 11) is -3.51. The molecule has 170 valence electrons. The highest BCUT2D eigenvalue weighted by Gasteiger charge is 2.44. The number of nitrogens with one attached hydrogen (secondary N) is 2. The van der Waals surface area contributed by atoms with Crippen molar-refractivity contribution in [1.82, 2.24) is 14.9 Å². The second-order valence-corrected chi connectivity index (χ2v) is 10.4. The number of amides is 2. The number of sulfonamides is 1. The number of carbonyl (C=O) groups is 2. The highest BCUT2D eigenvalue weighted by atomic mass is 32.2. The molecule has 32 heavy (non-hydrogen) atoms. The van der Waals surface area contributed by atoms with Crippen LogP contribution in [0.25, 0.3) is 0 Å². The molecule has 0 radical (unpaired) electrons. The van der Waals surface area contributed by atoms with Gasteiger partial charge in [0.1, 0.15) is 11.4 Å². The van der Waals surface area contributed by atoms with Crippen LogP contribution in [-0.2, 0) is 26.0 Å². The number of benzene rings is 1. The van der Waals surface area contributed by atoms with Crippen molar-refractivity contribution in [2.24, 2.45) is 4.99 Å². The number of nitrogens with zero attached hydrogens (tertiary/aromatic N) is 2. The van der Waals surface area contributed by atoms with E-state index in [0.717, 1.165) is 31.2 Å². The molecule has 8 nitrogen and oxygen atoms in total. The average molecular weight is 457 g/mol. The van der Waals surface area contributed by atoms with Crippen LogP contribution >= 0.6 is 0 Å².